The highest BCUT2D eigenvalue weighted by Gasteiger charge is 2.47. The molecule has 1 aromatic rings. The standard InChI is InChI=1S/C25H36N6O3S/c1-35-16-9-20(31-21(32)19(29-24(31)34)7-4-13-28-23(26)27)22(33)30-14-11-25(12-15-30)10-8-17-5-2-3-6-18(17)25/h2-3,5-6,19-20H,4,7-16H2,1H3,(H,29,34)(H4,26,27,28)/t19-,20-/m1/s1. The average Bonchev–Trinajstić information content (AvgIpc) is 3.34. The number of amides is 4. The Morgan fingerprint density at radius 2 is 1.97 bits per heavy atom. The Bertz CT molecular complexity index is 987. The predicted molar refractivity (Wildman–Crippen MR) is 138 cm³/mol. The maximum absolute atomic E-state index is 13.7. The number of nitrogens with zero attached hydrogens (tertiary/aromatic N) is 3. The van der Waals surface area contributed by atoms with Crippen molar-refractivity contribution in [3.8, 4) is 0 Å². The van der Waals surface area contributed by atoms with Crippen LogP contribution in [-0.2, 0) is 21.4 Å². The van der Waals surface area contributed by atoms with Crippen molar-refractivity contribution < 1.29 is 14.4 Å². The molecule has 2 atom stereocenters. The molecule has 5 N–H and O–H groups in total. The number of fused-ring (bicyclic) bond motifs is 2. The molecule has 0 unspecified atom stereocenters. The summed E-state index contributed by atoms with van der Waals surface area (Å²) in [4.78, 5) is 46.6. The fraction of sp³-hybridized carbons (Fsp3) is 0.600. The van der Waals surface area contributed by atoms with Crippen LogP contribution in [0.25, 0.3) is 0 Å². The molecule has 4 amide bonds. The molecule has 2 saturated heterocycles. The van der Waals surface area contributed by atoms with E-state index in [0.29, 0.717) is 44.6 Å². The number of carbonyl (C=O) groups excluding carboxylic acids is 3. The zero-order chi connectivity index (χ0) is 25.0. The molecular weight excluding hydrogens is 464 g/mol. The first-order valence-electron chi connectivity index (χ1n) is 12.4. The minimum absolute atomic E-state index is 0.000500. The number of carbonyl (C=O) groups is 3. The van der Waals surface area contributed by atoms with Crippen molar-refractivity contribution in [3.63, 3.8) is 0 Å². The number of aliphatic imine (C=N–C) groups is 1. The molecule has 0 bridgehead atoms. The zero-order valence-electron chi connectivity index (χ0n) is 20.4. The third-order valence-corrected chi connectivity index (χ3v) is 8.33. The van der Waals surface area contributed by atoms with Crippen molar-refractivity contribution in [1.29, 1.82) is 0 Å². The molecule has 2 heterocycles. The summed E-state index contributed by atoms with van der Waals surface area (Å²) in [6.07, 6.45) is 7.43. The highest BCUT2D eigenvalue weighted by Crippen LogP contribution is 2.46. The Labute approximate surface area is 211 Å². The monoisotopic (exact) mass is 500 g/mol. The van der Waals surface area contributed by atoms with Crippen LogP contribution in [0.1, 0.15) is 49.7 Å². The second-order valence-electron chi connectivity index (χ2n) is 9.72. The molecule has 3 aliphatic rings. The van der Waals surface area contributed by atoms with Gasteiger partial charge >= 0.3 is 6.03 Å². The van der Waals surface area contributed by atoms with E-state index in [1.807, 2.05) is 11.2 Å². The number of guanidine groups is 1. The molecule has 0 saturated carbocycles. The highest BCUT2D eigenvalue weighted by molar-refractivity contribution is 7.98. The van der Waals surface area contributed by atoms with Crippen molar-refractivity contribution in [1.82, 2.24) is 15.1 Å². The van der Waals surface area contributed by atoms with Gasteiger partial charge in [-0.3, -0.25) is 14.6 Å². The van der Waals surface area contributed by atoms with Gasteiger partial charge in [-0.15, -0.1) is 0 Å². The first kappa shape index (κ1) is 25.3. The number of nitrogens with one attached hydrogen (secondary N) is 1. The van der Waals surface area contributed by atoms with Crippen LogP contribution in [-0.4, -0.2) is 77.3 Å². The lowest BCUT2D eigenvalue weighted by molar-refractivity contribution is -0.143. The first-order valence-corrected chi connectivity index (χ1v) is 13.8. The lowest BCUT2D eigenvalue weighted by Gasteiger charge is -2.42. The fourth-order valence-corrected chi connectivity index (χ4v) is 6.24. The summed E-state index contributed by atoms with van der Waals surface area (Å²) in [6.45, 7) is 1.68. The zero-order valence-corrected chi connectivity index (χ0v) is 21.2. The van der Waals surface area contributed by atoms with Gasteiger partial charge in [-0.1, -0.05) is 24.3 Å². The van der Waals surface area contributed by atoms with Crippen molar-refractivity contribution in [3.05, 3.63) is 35.4 Å². The Kier molecular flexibility index (Phi) is 7.88. The molecule has 9 nitrogen and oxygen atoms in total. The Morgan fingerprint density at radius 1 is 1.23 bits per heavy atom. The van der Waals surface area contributed by atoms with Gasteiger partial charge in [0.2, 0.25) is 5.91 Å². The van der Waals surface area contributed by atoms with E-state index in [-0.39, 0.29) is 23.2 Å². The van der Waals surface area contributed by atoms with Gasteiger partial charge in [0.1, 0.15) is 12.1 Å². The van der Waals surface area contributed by atoms with Crippen LogP contribution in [0.5, 0.6) is 0 Å². The minimum Gasteiger partial charge on any atom is -0.370 e. The summed E-state index contributed by atoms with van der Waals surface area (Å²) in [7, 11) is 0. The highest BCUT2D eigenvalue weighted by atomic mass is 32.2. The quantitative estimate of drug-likeness (QED) is 0.204. The maximum Gasteiger partial charge on any atom is 0.325 e. The Morgan fingerprint density at radius 3 is 2.69 bits per heavy atom. The largest absolute Gasteiger partial charge is 0.370 e. The second-order valence-corrected chi connectivity index (χ2v) is 10.7. The van der Waals surface area contributed by atoms with E-state index in [0.717, 1.165) is 25.7 Å². The molecule has 10 heteroatoms. The van der Waals surface area contributed by atoms with Gasteiger partial charge in [-0.25, -0.2) is 9.69 Å². The molecule has 190 valence electrons. The normalized spacial score (nSPS) is 21.7. The average molecular weight is 501 g/mol. The van der Waals surface area contributed by atoms with Crippen LogP contribution in [0, 0.1) is 0 Å². The number of benzene rings is 1. The Balaban J connectivity index is 1.42. The fourth-order valence-electron chi connectivity index (χ4n) is 5.78. The van der Waals surface area contributed by atoms with Gasteiger partial charge in [-0.2, -0.15) is 11.8 Å². The van der Waals surface area contributed by atoms with Crippen LogP contribution >= 0.6 is 11.8 Å². The van der Waals surface area contributed by atoms with Gasteiger partial charge < -0.3 is 21.7 Å². The van der Waals surface area contributed by atoms with E-state index in [1.165, 1.54) is 16.0 Å². The van der Waals surface area contributed by atoms with E-state index in [2.05, 4.69) is 34.6 Å². The van der Waals surface area contributed by atoms with E-state index in [1.54, 1.807) is 11.8 Å². The van der Waals surface area contributed by atoms with Gasteiger partial charge in [0.25, 0.3) is 5.91 Å². The lowest BCUT2D eigenvalue weighted by atomic mass is 9.74. The number of likely N-dealkylation sites (tertiary alicyclic amines) is 1. The Hall–Kier alpha value is -2.75. The summed E-state index contributed by atoms with van der Waals surface area (Å²) in [6, 6.07) is 6.74. The van der Waals surface area contributed by atoms with Crippen LogP contribution in [0.3, 0.4) is 0 Å². The summed E-state index contributed by atoms with van der Waals surface area (Å²) < 4.78 is 0. The maximum atomic E-state index is 13.7. The van der Waals surface area contributed by atoms with E-state index in [9.17, 15) is 14.4 Å². The van der Waals surface area contributed by atoms with E-state index in [4.69, 9.17) is 11.5 Å². The number of hydrogen-bond donors (Lipinski definition) is 3. The number of thioether (sulfide) groups is 1. The molecule has 35 heavy (non-hydrogen) atoms. The number of piperidine rings is 1. The molecule has 1 aromatic carbocycles. The number of hydrogen-bond acceptors (Lipinski definition) is 5. The summed E-state index contributed by atoms with van der Waals surface area (Å²) >= 11 is 1.60. The first-order chi connectivity index (χ1) is 16.9. The van der Waals surface area contributed by atoms with Crippen molar-refractivity contribution in [2.45, 2.75) is 62.4 Å². The van der Waals surface area contributed by atoms with Crippen molar-refractivity contribution in [2.24, 2.45) is 16.5 Å². The van der Waals surface area contributed by atoms with E-state index < -0.39 is 18.1 Å². The van der Waals surface area contributed by atoms with Crippen molar-refractivity contribution >= 4 is 35.6 Å². The third kappa shape index (κ3) is 5.27. The number of rotatable bonds is 9. The number of imide groups is 1. The van der Waals surface area contributed by atoms with Crippen LogP contribution < -0.4 is 16.8 Å². The van der Waals surface area contributed by atoms with Gasteiger partial charge in [0.15, 0.2) is 5.96 Å². The molecule has 1 spiro atoms. The summed E-state index contributed by atoms with van der Waals surface area (Å²) in [5.74, 6) is 0.232. The minimum atomic E-state index is -0.775. The second kappa shape index (κ2) is 10.9. The topological polar surface area (TPSA) is 134 Å². The van der Waals surface area contributed by atoms with Crippen LogP contribution in [0.15, 0.2) is 29.3 Å². The van der Waals surface area contributed by atoms with Gasteiger partial charge in [0.05, 0.1) is 0 Å². The molecule has 0 aromatic heterocycles. The van der Waals surface area contributed by atoms with Crippen molar-refractivity contribution in [2.75, 3.05) is 31.6 Å². The summed E-state index contributed by atoms with van der Waals surface area (Å²) in [5, 5.41) is 2.76. The van der Waals surface area contributed by atoms with Crippen LogP contribution in [0.4, 0.5) is 4.79 Å². The smallest absolute Gasteiger partial charge is 0.325 e. The lowest BCUT2D eigenvalue weighted by Crippen LogP contribution is -2.54. The number of urea groups is 1. The number of nitrogens with two attached hydrogens (primary N) is 2. The number of aryl methyl sites for hydroxylation is 1. The molecule has 0 radical (unpaired) electrons. The van der Waals surface area contributed by atoms with E-state index >= 15 is 0 Å². The summed E-state index contributed by atoms with van der Waals surface area (Å²) in [5.41, 5.74) is 13.7. The predicted octanol–water partition coefficient (Wildman–Crippen LogP) is 1.59. The van der Waals surface area contributed by atoms with Crippen LogP contribution in [0.2, 0.25) is 0 Å². The molecule has 2 aliphatic heterocycles. The van der Waals surface area contributed by atoms with Gasteiger partial charge in [-0.05, 0) is 73.5 Å². The van der Waals surface area contributed by atoms with Gasteiger partial charge in [0, 0.05) is 19.6 Å². The molecule has 2 fully saturated rings. The third-order valence-electron chi connectivity index (χ3n) is 7.68. The SMILES string of the molecule is CSCC[C@H](C(=O)N1CCC2(CCc3ccccc32)CC1)N1C(=O)N[C@H](CCCN=C(N)N)C1=O. The molecule has 4 rings (SSSR count). The molecular formula is C25H36N6O3S. The molecule has 1 aliphatic carbocycles.